The van der Waals surface area contributed by atoms with Gasteiger partial charge >= 0.3 is 0 Å². The van der Waals surface area contributed by atoms with Crippen LogP contribution in [0.2, 0.25) is 0 Å². The van der Waals surface area contributed by atoms with Crippen LogP contribution < -0.4 is 5.32 Å². The summed E-state index contributed by atoms with van der Waals surface area (Å²) in [4.78, 5) is 8.87. The summed E-state index contributed by atoms with van der Waals surface area (Å²) in [6.07, 6.45) is 5.42. The Morgan fingerprint density at radius 2 is 2.12 bits per heavy atom. The molecule has 2 rings (SSSR count). The summed E-state index contributed by atoms with van der Waals surface area (Å²) in [5.74, 6) is 2.24. The lowest BCUT2D eigenvalue weighted by molar-refractivity contribution is 0.803. The highest BCUT2D eigenvalue weighted by Crippen LogP contribution is 2.43. The Bertz CT molecular complexity index is 356. The van der Waals surface area contributed by atoms with E-state index in [-0.39, 0.29) is 0 Å². The summed E-state index contributed by atoms with van der Waals surface area (Å²) in [7, 11) is 0. The zero-order chi connectivity index (χ0) is 11.5. The predicted octanol–water partition coefficient (Wildman–Crippen LogP) is 3.30. The van der Waals surface area contributed by atoms with Gasteiger partial charge in [0.15, 0.2) is 0 Å². The molecule has 0 radical (unpaired) electrons. The van der Waals surface area contributed by atoms with Crippen LogP contribution in [0.1, 0.15) is 63.1 Å². The quantitative estimate of drug-likeness (QED) is 0.825. The first-order chi connectivity index (χ1) is 7.74. The fraction of sp³-hybridized carbons (Fsp3) is 0.692. The van der Waals surface area contributed by atoms with Crippen molar-refractivity contribution in [3.63, 3.8) is 0 Å². The average molecular weight is 219 g/mol. The van der Waals surface area contributed by atoms with Crippen molar-refractivity contribution in [1.82, 2.24) is 9.97 Å². The van der Waals surface area contributed by atoms with E-state index in [1.54, 1.807) is 6.33 Å². The van der Waals surface area contributed by atoms with E-state index in [4.69, 9.17) is 0 Å². The van der Waals surface area contributed by atoms with E-state index in [2.05, 4.69) is 36.1 Å². The highest BCUT2D eigenvalue weighted by Gasteiger charge is 2.29. The molecule has 0 aromatic carbocycles. The number of nitrogens with zero attached hydrogens (tertiary/aromatic N) is 2. The maximum atomic E-state index is 4.48. The molecule has 1 aromatic rings. The van der Waals surface area contributed by atoms with Crippen molar-refractivity contribution in [2.75, 3.05) is 11.9 Å². The standard InChI is InChI=1S/C13H21N3/c1-4-7-14-13-11(9(2)3)12(10-5-6-10)15-8-16-13/h8-10H,4-7H2,1-3H3,(H,14,15,16). The van der Waals surface area contributed by atoms with Crippen LogP contribution in [0.25, 0.3) is 0 Å². The number of hydrogen-bond acceptors (Lipinski definition) is 3. The Morgan fingerprint density at radius 3 is 2.69 bits per heavy atom. The van der Waals surface area contributed by atoms with Crippen molar-refractivity contribution in [2.45, 2.75) is 51.9 Å². The van der Waals surface area contributed by atoms with E-state index < -0.39 is 0 Å². The largest absolute Gasteiger partial charge is 0.370 e. The molecule has 3 heteroatoms. The van der Waals surface area contributed by atoms with Gasteiger partial charge in [-0.15, -0.1) is 0 Å². The number of rotatable bonds is 5. The van der Waals surface area contributed by atoms with Crippen molar-refractivity contribution in [3.8, 4) is 0 Å². The Hall–Kier alpha value is -1.12. The van der Waals surface area contributed by atoms with E-state index in [1.807, 2.05) is 0 Å². The smallest absolute Gasteiger partial charge is 0.133 e. The molecule has 1 fully saturated rings. The van der Waals surface area contributed by atoms with Gasteiger partial charge in [0.2, 0.25) is 0 Å². The lowest BCUT2D eigenvalue weighted by atomic mass is 9.99. The molecule has 16 heavy (non-hydrogen) atoms. The first kappa shape index (κ1) is 11.4. The summed E-state index contributed by atoms with van der Waals surface area (Å²) in [6.45, 7) is 7.61. The molecule has 1 heterocycles. The van der Waals surface area contributed by atoms with Crippen LogP contribution in [-0.4, -0.2) is 16.5 Å². The van der Waals surface area contributed by atoms with E-state index >= 15 is 0 Å². The number of nitrogens with one attached hydrogen (secondary N) is 1. The monoisotopic (exact) mass is 219 g/mol. The number of anilines is 1. The van der Waals surface area contributed by atoms with Crippen molar-refractivity contribution >= 4 is 5.82 Å². The SMILES string of the molecule is CCCNc1ncnc(C2CC2)c1C(C)C. The molecule has 1 aromatic heterocycles. The maximum Gasteiger partial charge on any atom is 0.133 e. The molecule has 0 saturated heterocycles. The van der Waals surface area contributed by atoms with Crippen LogP contribution in [0.4, 0.5) is 5.82 Å². The zero-order valence-corrected chi connectivity index (χ0v) is 10.5. The van der Waals surface area contributed by atoms with Crippen LogP contribution in [0.15, 0.2) is 6.33 Å². The molecule has 0 aliphatic heterocycles. The average Bonchev–Trinajstić information content (AvgIpc) is 3.09. The van der Waals surface area contributed by atoms with Gasteiger partial charge in [0.05, 0.1) is 5.69 Å². The van der Waals surface area contributed by atoms with Gasteiger partial charge in [-0.25, -0.2) is 9.97 Å². The van der Waals surface area contributed by atoms with Crippen LogP contribution in [-0.2, 0) is 0 Å². The minimum absolute atomic E-state index is 0.496. The molecule has 88 valence electrons. The minimum atomic E-state index is 0.496. The van der Waals surface area contributed by atoms with Gasteiger partial charge in [0.1, 0.15) is 12.1 Å². The first-order valence-electron chi connectivity index (χ1n) is 6.32. The van der Waals surface area contributed by atoms with Crippen LogP contribution in [0.3, 0.4) is 0 Å². The van der Waals surface area contributed by atoms with Crippen molar-refractivity contribution in [3.05, 3.63) is 17.6 Å². The van der Waals surface area contributed by atoms with Gasteiger partial charge in [-0.3, -0.25) is 0 Å². The first-order valence-corrected chi connectivity index (χ1v) is 6.32. The third kappa shape index (κ3) is 2.34. The summed E-state index contributed by atoms with van der Waals surface area (Å²) < 4.78 is 0. The Morgan fingerprint density at radius 1 is 1.38 bits per heavy atom. The maximum absolute atomic E-state index is 4.48. The van der Waals surface area contributed by atoms with E-state index in [0.29, 0.717) is 11.8 Å². The predicted molar refractivity (Wildman–Crippen MR) is 66.9 cm³/mol. The summed E-state index contributed by atoms with van der Waals surface area (Å²) in [5, 5.41) is 3.42. The molecule has 3 nitrogen and oxygen atoms in total. The Kier molecular flexibility index (Phi) is 3.42. The second kappa shape index (κ2) is 4.81. The van der Waals surface area contributed by atoms with E-state index in [1.165, 1.54) is 24.1 Å². The molecule has 0 bridgehead atoms. The molecular formula is C13H21N3. The summed E-state index contributed by atoms with van der Waals surface area (Å²) in [6, 6.07) is 0. The Labute approximate surface area is 97.7 Å². The third-order valence-electron chi connectivity index (χ3n) is 3.00. The highest BCUT2D eigenvalue weighted by atomic mass is 15.0. The highest BCUT2D eigenvalue weighted by molar-refractivity contribution is 5.49. The fourth-order valence-electron chi connectivity index (χ4n) is 2.04. The third-order valence-corrected chi connectivity index (χ3v) is 3.00. The van der Waals surface area contributed by atoms with Crippen molar-refractivity contribution < 1.29 is 0 Å². The van der Waals surface area contributed by atoms with E-state index in [9.17, 15) is 0 Å². The van der Waals surface area contributed by atoms with Gasteiger partial charge in [-0.2, -0.15) is 0 Å². The van der Waals surface area contributed by atoms with Gasteiger partial charge in [0, 0.05) is 18.0 Å². The molecule has 1 aliphatic rings. The van der Waals surface area contributed by atoms with Gasteiger partial charge < -0.3 is 5.32 Å². The molecule has 1 N–H and O–H groups in total. The van der Waals surface area contributed by atoms with Crippen molar-refractivity contribution in [2.24, 2.45) is 0 Å². The molecule has 1 aliphatic carbocycles. The van der Waals surface area contributed by atoms with Crippen LogP contribution in [0.5, 0.6) is 0 Å². The molecule has 0 atom stereocenters. The Balaban J connectivity index is 2.30. The van der Waals surface area contributed by atoms with E-state index in [0.717, 1.165) is 18.8 Å². The summed E-state index contributed by atoms with van der Waals surface area (Å²) >= 11 is 0. The second-order valence-electron chi connectivity index (χ2n) is 4.88. The summed E-state index contributed by atoms with van der Waals surface area (Å²) in [5.41, 5.74) is 2.61. The van der Waals surface area contributed by atoms with Crippen LogP contribution >= 0.6 is 0 Å². The molecule has 0 spiro atoms. The normalized spacial score (nSPS) is 15.5. The van der Waals surface area contributed by atoms with Crippen LogP contribution in [0, 0.1) is 0 Å². The second-order valence-corrected chi connectivity index (χ2v) is 4.88. The van der Waals surface area contributed by atoms with Gasteiger partial charge in [0.25, 0.3) is 0 Å². The zero-order valence-electron chi connectivity index (χ0n) is 10.5. The molecule has 0 amide bonds. The molecule has 1 saturated carbocycles. The fourth-order valence-corrected chi connectivity index (χ4v) is 2.04. The molecular weight excluding hydrogens is 198 g/mol. The minimum Gasteiger partial charge on any atom is -0.370 e. The van der Waals surface area contributed by atoms with Crippen molar-refractivity contribution in [1.29, 1.82) is 0 Å². The lowest BCUT2D eigenvalue weighted by Crippen LogP contribution is -2.10. The topological polar surface area (TPSA) is 37.8 Å². The molecule has 0 unspecified atom stereocenters. The number of aromatic nitrogens is 2. The lowest BCUT2D eigenvalue weighted by Gasteiger charge is -2.16. The van der Waals surface area contributed by atoms with Gasteiger partial charge in [-0.1, -0.05) is 20.8 Å². The van der Waals surface area contributed by atoms with Gasteiger partial charge in [-0.05, 0) is 25.2 Å². The number of hydrogen-bond donors (Lipinski definition) is 1.